The molecule has 1 aromatic carbocycles. The minimum Gasteiger partial charge on any atom is -0.508 e. The van der Waals surface area contributed by atoms with Gasteiger partial charge in [0.2, 0.25) is 0 Å². The Morgan fingerprint density at radius 1 is 1.13 bits per heavy atom. The summed E-state index contributed by atoms with van der Waals surface area (Å²) in [5, 5.41) is 9.03. The average molecular weight is 213 g/mol. The van der Waals surface area contributed by atoms with Crippen LogP contribution in [0.1, 0.15) is 5.56 Å². The molecule has 0 spiro atoms. The first-order valence-electron chi connectivity index (χ1n) is 4.13. The highest BCUT2D eigenvalue weighted by Gasteiger charge is 2.32. The van der Waals surface area contributed by atoms with Crippen molar-refractivity contribution in [3.63, 3.8) is 0 Å². The van der Waals surface area contributed by atoms with Crippen molar-refractivity contribution in [3.05, 3.63) is 36.0 Å². The fraction of sp³-hybridized carbons (Fsp3) is 0.100. The van der Waals surface area contributed by atoms with Gasteiger partial charge in [-0.25, -0.2) is 0 Å². The Bertz CT molecular complexity index is 507. The second-order valence-electron chi connectivity index (χ2n) is 3.06. The number of aromatic hydroxyl groups is 1. The molecule has 1 aromatic heterocycles. The van der Waals surface area contributed by atoms with Crippen molar-refractivity contribution in [2.75, 3.05) is 0 Å². The lowest BCUT2D eigenvalue weighted by Crippen LogP contribution is -2.05. The van der Waals surface area contributed by atoms with Crippen LogP contribution in [-0.4, -0.2) is 10.1 Å². The molecule has 2 aromatic rings. The van der Waals surface area contributed by atoms with Crippen LogP contribution in [0.5, 0.6) is 5.75 Å². The molecule has 0 atom stereocenters. The van der Waals surface area contributed by atoms with Gasteiger partial charge in [-0.15, -0.1) is 0 Å². The number of hydrogen-bond acceptors (Lipinski definition) is 2. The zero-order valence-corrected chi connectivity index (χ0v) is 7.42. The second-order valence-corrected chi connectivity index (χ2v) is 3.06. The topological polar surface area (TPSA) is 33.1 Å². The van der Waals surface area contributed by atoms with E-state index in [1.807, 2.05) is 0 Å². The molecule has 0 amide bonds. The highest BCUT2D eigenvalue weighted by Crippen LogP contribution is 2.34. The average Bonchev–Trinajstić information content (AvgIpc) is 2.15. The first-order valence-corrected chi connectivity index (χ1v) is 4.13. The number of phenolic OH excluding ortho intramolecular Hbond substituents is 1. The third-order valence-electron chi connectivity index (χ3n) is 2.03. The van der Waals surface area contributed by atoms with Crippen LogP contribution in [0.2, 0.25) is 0 Å². The molecule has 0 aliphatic rings. The van der Waals surface area contributed by atoms with E-state index in [1.165, 1.54) is 12.1 Å². The van der Waals surface area contributed by atoms with Gasteiger partial charge in [0, 0.05) is 11.6 Å². The molecule has 15 heavy (non-hydrogen) atoms. The fourth-order valence-electron chi connectivity index (χ4n) is 1.38. The van der Waals surface area contributed by atoms with Crippen molar-refractivity contribution in [2.45, 2.75) is 6.18 Å². The maximum absolute atomic E-state index is 12.5. The summed E-state index contributed by atoms with van der Waals surface area (Å²) in [5.41, 5.74) is -0.578. The van der Waals surface area contributed by atoms with Crippen molar-refractivity contribution >= 4 is 10.9 Å². The number of phenols is 1. The number of halogens is 3. The Labute approximate surface area is 83.0 Å². The Morgan fingerprint density at radius 2 is 1.87 bits per heavy atom. The zero-order chi connectivity index (χ0) is 11.1. The molecule has 0 radical (unpaired) electrons. The molecule has 0 bridgehead atoms. The van der Waals surface area contributed by atoms with Crippen LogP contribution in [0.4, 0.5) is 13.2 Å². The second kappa shape index (κ2) is 3.12. The van der Waals surface area contributed by atoms with E-state index in [0.717, 1.165) is 18.3 Å². The normalized spacial score (nSPS) is 11.9. The first kappa shape index (κ1) is 9.76. The zero-order valence-electron chi connectivity index (χ0n) is 7.42. The van der Waals surface area contributed by atoms with Gasteiger partial charge in [-0.05, 0) is 24.3 Å². The fourth-order valence-corrected chi connectivity index (χ4v) is 1.38. The molecule has 78 valence electrons. The Hall–Kier alpha value is -1.78. The smallest absolute Gasteiger partial charge is 0.417 e. The molecule has 1 N–H and O–H groups in total. The van der Waals surface area contributed by atoms with Gasteiger partial charge < -0.3 is 5.11 Å². The number of rotatable bonds is 0. The lowest BCUT2D eigenvalue weighted by molar-refractivity contribution is -0.136. The molecule has 0 saturated heterocycles. The van der Waals surface area contributed by atoms with Gasteiger partial charge in [-0.3, -0.25) is 4.98 Å². The summed E-state index contributed by atoms with van der Waals surface area (Å²) in [6, 6.07) is 4.60. The van der Waals surface area contributed by atoms with Crippen LogP contribution in [-0.2, 0) is 6.18 Å². The summed E-state index contributed by atoms with van der Waals surface area (Å²) in [4.78, 5) is 3.79. The lowest BCUT2D eigenvalue weighted by atomic mass is 10.1. The quantitative estimate of drug-likeness (QED) is 0.729. The first-order chi connectivity index (χ1) is 6.98. The number of fused-ring (bicyclic) bond motifs is 1. The van der Waals surface area contributed by atoms with Crippen molar-refractivity contribution in [1.29, 1.82) is 0 Å². The molecule has 0 aliphatic heterocycles. The molecule has 0 saturated carbocycles. The van der Waals surface area contributed by atoms with Crippen molar-refractivity contribution in [2.24, 2.45) is 0 Å². The standard InChI is InChI=1S/C10H6F3NO/c11-10(12,13)8-3-4-14-9-2-1-6(15)5-7(8)9/h1-5,15H. The van der Waals surface area contributed by atoms with Gasteiger partial charge in [0.25, 0.3) is 0 Å². The van der Waals surface area contributed by atoms with Crippen LogP contribution in [0, 0.1) is 0 Å². The summed E-state index contributed by atoms with van der Waals surface area (Å²) in [5.74, 6) is -0.207. The molecule has 1 heterocycles. The molecule has 2 nitrogen and oxygen atoms in total. The number of aromatic nitrogens is 1. The van der Waals surface area contributed by atoms with E-state index >= 15 is 0 Å². The van der Waals surface area contributed by atoms with E-state index in [0.29, 0.717) is 0 Å². The van der Waals surface area contributed by atoms with E-state index in [9.17, 15) is 13.2 Å². The number of nitrogens with zero attached hydrogens (tertiary/aromatic N) is 1. The molecule has 0 unspecified atom stereocenters. The molecule has 0 fully saturated rings. The maximum atomic E-state index is 12.5. The molecular weight excluding hydrogens is 207 g/mol. The maximum Gasteiger partial charge on any atom is 0.417 e. The minimum atomic E-state index is -4.44. The van der Waals surface area contributed by atoms with E-state index < -0.39 is 11.7 Å². The van der Waals surface area contributed by atoms with E-state index in [-0.39, 0.29) is 16.7 Å². The molecule has 5 heteroatoms. The highest BCUT2D eigenvalue weighted by atomic mass is 19.4. The number of pyridine rings is 1. The van der Waals surface area contributed by atoms with Crippen LogP contribution >= 0.6 is 0 Å². The van der Waals surface area contributed by atoms with Gasteiger partial charge in [-0.1, -0.05) is 0 Å². The summed E-state index contributed by atoms with van der Waals surface area (Å²) in [7, 11) is 0. The summed E-state index contributed by atoms with van der Waals surface area (Å²) >= 11 is 0. The van der Waals surface area contributed by atoms with Crippen LogP contribution in [0.3, 0.4) is 0 Å². The molecular formula is C10H6F3NO. The van der Waals surface area contributed by atoms with Gasteiger partial charge in [-0.2, -0.15) is 13.2 Å². The largest absolute Gasteiger partial charge is 0.508 e. The monoisotopic (exact) mass is 213 g/mol. The van der Waals surface area contributed by atoms with Gasteiger partial charge in [0.05, 0.1) is 11.1 Å². The van der Waals surface area contributed by atoms with Gasteiger partial charge in [0.15, 0.2) is 0 Å². The van der Waals surface area contributed by atoms with E-state index in [2.05, 4.69) is 4.98 Å². The number of benzene rings is 1. The van der Waals surface area contributed by atoms with E-state index in [1.54, 1.807) is 0 Å². The van der Waals surface area contributed by atoms with E-state index in [4.69, 9.17) is 5.11 Å². The third kappa shape index (κ3) is 1.72. The summed E-state index contributed by atoms with van der Waals surface area (Å²) < 4.78 is 37.6. The summed E-state index contributed by atoms with van der Waals surface area (Å²) in [6.07, 6.45) is -3.34. The Morgan fingerprint density at radius 3 is 2.53 bits per heavy atom. The minimum absolute atomic E-state index is 0.0926. The van der Waals surface area contributed by atoms with Crippen molar-refractivity contribution < 1.29 is 18.3 Å². The Balaban J connectivity index is 2.80. The van der Waals surface area contributed by atoms with Crippen LogP contribution in [0.25, 0.3) is 10.9 Å². The predicted octanol–water partition coefficient (Wildman–Crippen LogP) is 2.96. The number of hydrogen-bond donors (Lipinski definition) is 1. The summed E-state index contributed by atoms with van der Waals surface area (Å²) in [6.45, 7) is 0. The van der Waals surface area contributed by atoms with Crippen molar-refractivity contribution in [3.8, 4) is 5.75 Å². The SMILES string of the molecule is Oc1ccc2nccc(C(F)(F)F)c2c1. The number of alkyl halides is 3. The van der Waals surface area contributed by atoms with Crippen molar-refractivity contribution in [1.82, 2.24) is 4.98 Å². The lowest BCUT2D eigenvalue weighted by Gasteiger charge is -2.09. The highest BCUT2D eigenvalue weighted by molar-refractivity contribution is 5.83. The Kier molecular flexibility index (Phi) is 2.03. The molecule has 0 aliphatic carbocycles. The third-order valence-corrected chi connectivity index (χ3v) is 2.03. The van der Waals surface area contributed by atoms with Gasteiger partial charge >= 0.3 is 6.18 Å². The molecule has 2 rings (SSSR count). The van der Waals surface area contributed by atoms with Gasteiger partial charge in [0.1, 0.15) is 5.75 Å². The predicted molar refractivity (Wildman–Crippen MR) is 48.4 cm³/mol. The van der Waals surface area contributed by atoms with Crippen LogP contribution < -0.4 is 0 Å². The van der Waals surface area contributed by atoms with Crippen LogP contribution in [0.15, 0.2) is 30.5 Å².